The number of nitrogens with one attached hydrogen (secondary N) is 1. The van der Waals surface area contributed by atoms with Gasteiger partial charge in [-0.15, -0.1) is 0 Å². The highest BCUT2D eigenvalue weighted by Crippen LogP contribution is 2.15. The molecule has 1 heterocycles. The largest absolute Gasteiger partial charge is 0.368 e. The summed E-state index contributed by atoms with van der Waals surface area (Å²) >= 11 is 0. The van der Waals surface area contributed by atoms with Crippen LogP contribution < -0.4 is 21.9 Å². The first kappa shape index (κ1) is 12.3. The Morgan fingerprint density at radius 2 is 2.25 bits per heavy atom. The number of rotatable bonds is 5. The Hall–Kier alpha value is -1.82. The molecule has 0 saturated carbocycles. The molecule has 0 unspecified atom stereocenters. The van der Waals surface area contributed by atoms with Gasteiger partial charge in [0.15, 0.2) is 0 Å². The number of nitrogens with two attached hydrogens (primary N) is 2. The van der Waals surface area contributed by atoms with Gasteiger partial charge < -0.3 is 16.1 Å². The molecular formula is C10H17N5O. The van der Waals surface area contributed by atoms with Crippen LogP contribution in [0.2, 0.25) is 0 Å². The van der Waals surface area contributed by atoms with Gasteiger partial charge in [-0.25, -0.2) is 10.8 Å². The van der Waals surface area contributed by atoms with Gasteiger partial charge >= 0.3 is 0 Å². The molecule has 1 aromatic rings. The Balaban J connectivity index is 2.95. The first-order valence-corrected chi connectivity index (χ1v) is 5.03. The van der Waals surface area contributed by atoms with Crippen LogP contribution in [-0.2, 0) is 4.79 Å². The van der Waals surface area contributed by atoms with Gasteiger partial charge in [0.2, 0.25) is 5.91 Å². The van der Waals surface area contributed by atoms with Gasteiger partial charge in [0, 0.05) is 6.04 Å². The maximum Gasteiger partial charge on any atom is 0.237 e. The Morgan fingerprint density at radius 3 is 2.75 bits per heavy atom. The van der Waals surface area contributed by atoms with E-state index in [-0.39, 0.29) is 18.5 Å². The van der Waals surface area contributed by atoms with Crippen molar-refractivity contribution in [3.63, 3.8) is 0 Å². The van der Waals surface area contributed by atoms with Crippen LogP contribution in [0.4, 0.5) is 11.6 Å². The molecule has 0 aliphatic carbocycles. The smallest absolute Gasteiger partial charge is 0.237 e. The number of nitrogen functional groups attached to an aromatic ring is 1. The van der Waals surface area contributed by atoms with Gasteiger partial charge in [-0.1, -0.05) is 6.07 Å². The van der Waals surface area contributed by atoms with E-state index in [0.29, 0.717) is 11.6 Å². The van der Waals surface area contributed by atoms with Crippen LogP contribution in [0.15, 0.2) is 18.2 Å². The number of nitrogens with zero attached hydrogens (tertiary/aromatic N) is 2. The summed E-state index contributed by atoms with van der Waals surface area (Å²) in [5.41, 5.74) is 7.65. The van der Waals surface area contributed by atoms with Crippen molar-refractivity contribution in [3.8, 4) is 0 Å². The minimum absolute atomic E-state index is 0.132. The van der Waals surface area contributed by atoms with E-state index in [1.165, 1.54) is 0 Å². The highest BCUT2D eigenvalue weighted by atomic mass is 16.1. The summed E-state index contributed by atoms with van der Waals surface area (Å²) in [7, 11) is 0. The highest BCUT2D eigenvalue weighted by molar-refractivity contribution is 5.79. The lowest BCUT2D eigenvalue weighted by atomic mass is 10.3. The molecule has 0 bridgehead atoms. The van der Waals surface area contributed by atoms with Crippen LogP contribution in [0.1, 0.15) is 13.8 Å². The van der Waals surface area contributed by atoms with E-state index < -0.39 is 0 Å². The molecular weight excluding hydrogens is 206 g/mol. The zero-order chi connectivity index (χ0) is 12.1. The molecule has 5 N–H and O–H groups in total. The average Bonchev–Trinajstić information content (AvgIpc) is 2.25. The second-order valence-corrected chi connectivity index (χ2v) is 3.71. The topological polar surface area (TPSA) is 97.3 Å². The lowest BCUT2D eigenvalue weighted by Crippen LogP contribution is -2.39. The van der Waals surface area contributed by atoms with Crippen molar-refractivity contribution >= 4 is 17.5 Å². The minimum Gasteiger partial charge on any atom is -0.368 e. The summed E-state index contributed by atoms with van der Waals surface area (Å²) in [5.74, 6) is 6.11. The van der Waals surface area contributed by atoms with Gasteiger partial charge in [0.1, 0.15) is 11.6 Å². The summed E-state index contributed by atoms with van der Waals surface area (Å²) in [6.07, 6.45) is 0. The molecule has 16 heavy (non-hydrogen) atoms. The van der Waals surface area contributed by atoms with Crippen molar-refractivity contribution < 1.29 is 4.79 Å². The molecule has 1 aromatic heterocycles. The van der Waals surface area contributed by atoms with Crippen LogP contribution in [0.25, 0.3) is 0 Å². The Bertz CT molecular complexity index is 366. The van der Waals surface area contributed by atoms with Gasteiger partial charge in [0.25, 0.3) is 0 Å². The Morgan fingerprint density at radius 1 is 1.56 bits per heavy atom. The molecule has 88 valence electrons. The molecule has 1 rings (SSSR count). The van der Waals surface area contributed by atoms with E-state index in [1.807, 2.05) is 30.9 Å². The maximum absolute atomic E-state index is 11.0. The number of carbonyl (C=O) groups excluding carboxylic acids is 1. The van der Waals surface area contributed by atoms with E-state index in [2.05, 4.69) is 10.4 Å². The van der Waals surface area contributed by atoms with Gasteiger partial charge in [0.05, 0.1) is 6.54 Å². The quantitative estimate of drug-likeness (QED) is 0.484. The summed E-state index contributed by atoms with van der Waals surface area (Å²) < 4.78 is 0. The maximum atomic E-state index is 11.0. The molecule has 6 heteroatoms. The molecule has 0 saturated heterocycles. The third kappa shape index (κ3) is 3.09. The minimum atomic E-state index is -0.387. The Kier molecular flexibility index (Phi) is 4.07. The van der Waals surface area contributed by atoms with Crippen molar-refractivity contribution in [2.45, 2.75) is 19.9 Å². The summed E-state index contributed by atoms with van der Waals surface area (Å²) in [4.78, 5) is 17.0. The number of hydrogen-bond acceptors (Lipinski definition) is 5. The zero-order valence-corrected chi connectivity index (χ0v) is 9.47. The fraction of sp³-hybridized carbons (Fsp3) is 0.400. The lowest BCUT2D eigenvalue weighted by molar-refractivity contribution is -0.116. The van der Waals surface area contributed by atoms with E-state index in [9.17, 15) is 4.79 Å². The van der Waals surface area contributed by atoms with Crippen molar-refractivity contribution in [2.24, 2.45) is 11.6 Å². The van der Waals surface area contributed by atoms with Gasteiger partial charge in [-0.2, -0.15) is 0 Å². The molecule has 0 radical (unpaired) electrons. The number of hydrogen-bond donors (Lipinski definition) is 3. The monoisotopic (exact) mass is 223 g/mol. The molecule has 0 aromatic carbocycles. The Labute approximate surface area is 94.6 Å². The molecule has 0 aliphatic rings. The average molecular weight is 223 g/mol. The molecule has 0 spiro atoms. The zero-order valence-electron chi connectivity index (χ0n) is 9.47. The highest BCUT2D eigenvalue weighted by Gasteiger charge is 2.14. The standard InChI is InChI=1S/C10H17N5O/c1-7(2)15(6-8(11)16)10-5-3-4-9(13-10)14-12/h3-5,7H,6,12H2,1-2H3,(H2,11,16)(H,13,14). The first-order valence-electron chi connectivity index (χ1n) is 5.03. The van der Waals surface area contributed by atoms with E-state index in [4.69, 9.17) is 11.6 Å². The summed E-state index contributed by atoms with van der Waals surface area (Å²) in [6.45, 7) is 4.07. The number of anilines is 2. The molecule has 1 amide bonds. The van der Waals surface area contributed by atoms with Crippen LogP contribution in [0.3, 0.4) is 0 Å². The third-order valence-corrected chi connectivity index (χ3v) is 2.13. The fourth-order valence-electron chi connectivity index (χ4n) is 1.36. The third-order valence-electron chi connectivity index (χ3n) is 2.13. The number of primary amides is 1. The van der Waals surface area contributed by atoms with E-state index >= 15 is 0 Å². The SMILES string of the molecule is CC(C)N(CC(N)=O)c1cccc(NN)n1. The normalized spacial score (nSPS) is 10.2. The van der Waals surface area contributed by atoms with Crippen LogP contribution >= 0.6 is 0 Å². The second kappa shape index (κ2) is 5.32. The van der Waals surface area contributed by atoms with Crippen LogP contribution in [-0.4, -0.2) is 23.5 Å². The fourth-order valence-corrected chi connectivity index (χ4v) is 1.36. The molecule has 0 aliphatic heterocycles. The van der Waals surface area contributed by atoms with Crippen molar-refractivity contribution in [2.75, 3.05) is 16.9 Å². The summed E-state index contributed by atoms with van der Waals surface area (Å²) in [6, 6.07) is 5.50. The second-order valence-electron chi connectivity index (χ2n) is 3.71. The van der Waals surface area contributed by atoms with Crippen molar-refractivity contribution in [3.05, 3.63) is 18.2 Å². The molecule has 6 nitrogen and oxygen atoms in total. The predicted octanol–water partition coefficient (Wildman–Crippen LogP) is 0.0673. The van der Waals surface area contributed by atoms with Gasteiger partial charge in [-0.3, -0.25) is 4.79 Å². The number of carbonyl (C=O) groups is 1. The van der Waals surface area contributed by atoms with Gasteiger partial charge in [-0.05, 0) is 26.0 Å². The summed E-state index contributed by atoms with van der Waals surface area (Å²) in [5, 5.41) is 0. The van der Waals surface area contributed by atoms with E-state index in [0.717, 1.165) is 0 Å². The lowest BCUT2D eigenvalue weighted by Gasteiger charge is -2.26. The number of amides is 1. The van der Waals surface area contributed by atoms with Crippen molar-refractivity contribution in [1.82, 2.24) is 4.98 Å². The number of hydrazine groups is 1. The number of aromatic nitrogens is 1. The molecule has 0 fully saturated rings. The van der Waals surface area contributed by atoms with Crippen molar-refractivity contribution in [1.29, 1.82) is 0 Å². The molecule has 0 atom stereocenters. The number of pyridine rings is 1. The van der Waals surface area contributed by atoms with Crippen LogP contribution in [0.5, 0.6) is 0 Å². The van der Waals surface area contributed by atoms with E-state index in [1.54, 1.807) is 6.07 Å². The first-order chi connectivity index (χ1) is 7.54. The van der Waals surface area contributed by atoms with Crippen LogP contribution in [0, 0.1) is 0 Å². The predicted molar refractivity (Wildman–Crippen MR) is 63.7 cm³/mol.